The Morgan fingerprint density at radius 1 is 1.50 bits per heavy atom. The highest BCUT2D eigenvalue weighted by molar-refractivity contribution is 5.69. The number of hydrogen-bond donors (Lipinski definition) is 1. The molecular formula is C11H14FNO3. The maximum atomic E-state index is 13.3. The number of nitrogens with two attached hydrogens (primary N) is 1. The average Bonchev–Trinajstić information content (AvgIpc) is 2.30. The van der Waals surface area contributed by atoms with Crippen LogP contribution in [-0.2, 0) is 16.1 Å². The van der Waals surface area contributed by atoms with Crippen LogP contribution < -0.4 is 10.5 Å². The third-order valence-corrected chi connectivity index (χ3v) is 2.02. The van der Waals surface area contributed by atoms with Crippen LogP contribution in [0.15, 0.2) is 18.2 Å². The maximum Gasteiger partial charge on any atom is 0.308 e. The lowest BCUT2D eigenvalue weighted by atomic mass is 10.2. The molecule has 0 fully saturated rings. The Labute approximate surface area is 93.2 Å². The first-order chi connectivity index (χ1) is 7.67. The minimum Gasteiger partial charge on any atom is -0.490 e. The fourth-order valence-electron chi connectivity index (χ4n) is 1.13. The summed E-state index contributed by atoms with van der Waals surface area (Å²) in [4.78, 5) is 10.8. The zero-order chi connectivity index (χ0) is 12.0. The molecule has 4 nitrogen and oxygen atoms in total. The molecule has 2 N–H and O–H groups in total. The van der Waals surface area contributed by atoms with E-state index < -0.39 is 5.82 Å². The molecule has 0 aliphatic heterocycles. The second-order valence-corrected chi connectivity index (χ2v) is 3.14. The predicted octanol–water partition coefficient (Wildman–Crippen LogP) is 1.23. The van der Waals surface area contributed by atoms with Crippen LogP contribution in [0.2, 0.25) is 0 Å². The molecule has 88 valence electrons. The fraction of sp³-hybridized carbons (Fsp3) is 0.364. The lowest BCUT2D eigenvalue weighted by Crippen LogP contribution is -2.08. The molecule has 0 atom stereocenters. The number of carbonyl (C=O) groups is 1. The van der Waals surface area contributed by atoms with E-state index in [4.69, 9.17) is 10.5 Å². The minimum absolute atomic E-state index is 0.0889. The number of carbonyl (C=O) groups excluding carboxylic acids is 1. The molecule has 0 unspecified atom stereocenters. The summed E-state index contributed by atoms with van der Waals surface area (Å²) in [6.07, 6.45) is 0.0918. The van der Waals surface area contributed by atoms with Gasteiger partial charge in [-0.1, -0.05) is 6.07 Å². The molecule has 1 rings (SSSR count). The van der Waals surface area contributed by atoms with E-state index >= 15 is 0 Å². The van der Waals surface area contributed by atoms with Gasteiger partial charge in [0.2, 0.25) is 0 Å². The van der Waals surface area contributed by atoms with Crippen molar-refractivity contribution in [3.8, 4) is 5.75 Å². The minimum atomic E-state index is -0.479. The second-order valence-electron chi connectivity index (χ2n) is 3.14. The SMILES string of the molecule is COC(=O)CCOc1ccc(CN)cc1F. The summed E-state index contributed by atoms with van der Waals surface area (Å²) in [6, 6.07) is 4.48. The standard InChI is InChI=1S/C11H14FNO3/c1-15-11(14)4-5-16-10-3-2-8(7-13)6-9(10)12/h2-3,6H,4-5,7,13H2,1H3. The number of esters is 1. The molecule has 0 saturated heterocycles. The van der Waals surface area contributed by atoms with E-state index in [1.807, 2.05) is 0 Å². The number of ether oxygens (including phenoxy) is 2. The molecule has 16 heavy (non-hydrogen) atoms. The van der Waals surface area contributed by atoms with E-state index in [0.29, 0.717) is 5.56 Å². The molecule has 5 heteroatoms. The highest BCUT2D eigenvalue weighted by Crippen LogP contribution is 2.18. The molecule has 0 aliphatic rings. The largest absolute Gasteiger partial charge is 0.490 e. The van der Waals surface area contributed by atoms with Crippen molar-refractivity contribution in [3.05, 3.63) is 29.6 Å². The molecule has 0 radical (unpaired) electrons. The maximum absolute atomic E-state index is 13.3. The van der Waals surface area contributed by atoms with Gasteiger partial charge in [0.25, 0.3) is 0 Å². The van der Waals surface area contributed by atoms with Crippen LogP contribution in [0, 0.1) is 5.82 Å². The summed E-state index contributed by atoms with van der Waals surface area (Å²) < 4.78 is 22.9. The number of methoxy groups -OCH3 is 1. The average molecular weight is 227 g/mol. The Morgan fingerprint density at radius 3 is 2.81 bits per heavy atom. The molecule has 0 spiro atoms. The fourth-order valence-corrected chi connectivity index (χ4v) is 1.13. The monoisotopic (exact) mass is 227 g/mol. The van der Waals surface area contributed by atoms with Crippen LogP contribution in [0.5, 0.6) is 5.75 Å². The van der Waals surface area contributed by atoms with Crippen LogP contribution >= 0.6 is 0 Å². The third-order valence-electron chi connectivity index (χ3n) is 2.02. The van der Waals surface area contributed by atoms with E-state index in [2.05, 4.69) is 4.74 Å². The molecule has 0 aliphatic carbocycles. The third kappa shape index (κ3) is 3.51. The van der Waals surface area contributed by atoms with E-state index in [1.165, 1.54) is 19.2 Å². The molecule has 0 amide bonds. The summed E-state index contributed by atoms with van der Waals surface area (Å²) in [5.41, 5.74) is 6.05. The summed E-state index contributed by atoms with van der Waals surface area (Å²) in [6.45, 7) is 0.366. The number of rotatable bonds is 5. The first-order valence-electron chi connectivity index (χ1n) is 4.85. The molecule has 1 aromatic rings. The smallest absolute Gasteiger partial charge is 0.308 e. The highest BCUT2D eigenvalue weighted by atomic mass is 19.1. The topological polar surface area (TPSA) is 61.5 Å². The Balaban J connectivity index is 2.51. The van der Waals surface area contributed by atoms with Crippen molar-refractivity contribution in [2.75, 3.05) is 13.7 Å². The number of halogens is 1. The van der Waals surface area contributed by atoms with Crippen LogP contribution in [0.25, 0.3) is 0 Å². The Morgan fingerprint density at radius 2 is 2.25 bits per heavy atom. The van der Waals surface area contributed by atoms with Gasteiger partial charge < -0.3 is 15.2 Å². The van der Waals surface area contributed by atoms with Gasteiger partial charge in [-0.3, -0.25) is 4.79 Å². The van der Waals surface area contributed by atoms with Crippen LogP contribution in [0.4, 0.5) is 4.39 Å². The van der Waals surface area contributed by atoms with Gasteiger partial charge >= 0.3 is 5.97 Å². The van der Waals surface area contributed by atoms with Gasteiger partial charge in [0.05, 0.1) is 20.1 Å². The molecule has 0 aromatic heterocycles. The lowest BCUT2D eigenvalue weighted by molar-refractivity contribution is -0.141. The van der Waals surface area contributed by atoms with Crippen molar-refractivity contribution in [2.24, 2.45) is 5.73 Å². The first-order valence-corrected chi connectivity index (χ1v) is 4.85. The van der Waals surface area contributed by atoms with Gasteiger partial charge in [-0.2, -0.15) is 0 Å². The summed E-state index contributed by atoms with van der Waals surface area (Å²) in [5, 5.41) is 0. The first kappa shape index (κ1) is 12.4. The van der Waals surface area contributed by atoms with E-state index in [1.54, 1.807) is 6.07 Å². The Kier molecular flexibility index (Phi) is 4.72. The van der Waals surface area contributed by atoms with Crippen molar-refractivity contribution >= 4 is 5.97 Å². The van der Waals surface area contributed by atoms with Crippen LogP contribution in [0.1, 0.15) is 12.0 Å². The van der Waals surface area contributed by atoms with Gasteiger partial charge in [-0.15, -0.1) is 0 Å². The summed E-state index contributed by atoms with van der Waals surface area (Å²) >= 11 is 0. The number of hydrogen-bond acceptors (Lipinski definition) is 4. The second kappa shape index (κ2) is 6.07. The van der Waals surface area contributed by atoms with Crippen LogP contribution in [-0.4, -0.2) is 19.7 Å². The van der Waals surface area contributed by atoms with E-state index in [-0.39, 0.29) is 31.3 Å². The van der Waals surface area contributed by atoms with Gasteiger partial charge in [-0.25, -0.2) is 4.39 Å². The molecule has 0 bridgehead atoms. The molecule has 1 aromatic carbocycles. The predicted molar refractivity (Wildman–Crippen MR) is 56.4 cm³/mol. The van der Waals surface area contributed by atoms with Gasteiger partial charge in [0.1, 0.15) is 0 Å². The molecule has 0 saturated carbocycles. The normalized spacial score (nSPS) is 9.94. The van der Waals surface area contributed by atoms with Crippen molar-refractivity contribution in [3.63, 3.8) is 0 Å². The van der Waals surface area contributed by atoms with E-state index in [9.17, 15) is 9.18 Å². The summed E-state index contributed by atoms with van der Waals surface area (Å²) in [5.74, 6) is -0.757. The van der Waals surface area contributed by atoms with Crippen molar-refractivity contribution in [1.82, 2.24) is 0 Å². The Hall–Kier alpha value is -1.62. The zero-order valence-electron chi connectivity index (χ0n) is 9.03. The van der Waals surface area contributed by atoms with Crippen molar-refractivity contribution in [1.29, 1.82) is 0 Å². The van der Waals surface area contributed by atoms with Gasteiger partial charge in [0, 0.05) is 6.54 Å². The quantitative estimate of drug-likeness (QED) is 0.768. The van der Waals surface area contributed by atoms with Gasteiger partial charge in [-0.05, 0) is 17.7 Å². The van der Waals surface area contributed by atoms with Crippen molar-refractivity contribution in [2.45, 2.75) is 13.0 Å². The van der Waals surface area contributed by atoms with Crippen LogP contribution in [0.3, 0.4) is 0 Å². The van der Waals surface area contributed by atoms with E-state index in [0.717, 1.165) is 0 Å². The Bertz CT molecular complexity index is 368. The number of benzene rings is 1. The molecular weight excluding hydrogens is 213 g/mol. The van der Waals surface area contributed by atoms with Gasteiger partial charge in [0.15, 0.2) is 11.6 Å². The highest BCUT2D eigenvalue weighted by Gasteiger charge is 2.06. The zero-order valence-corrected chi connectivity index (χ0v) is 9.03. The lowest BCUT2D eigenvalue weighted by Gasteiger charge is -2.07. The molecule has 0 heterocycles. The van der Waals surface area contributed by atoms with Crippen molar-refractivity contribution < 1.29 is 18.7 Å². The summed E-state index contributed by atoms with van der Waals surface area (Å²) in [7, 11) is 1.29.